The van der Waals surface area contributed by atoms with Gasteiger partial charge in [-0.1, -0.05) is 54.6 Å². The van der Waals surface area contributed by atoms with Gasteiger partial charge in [0, 0.05) is 28.5 Å². The zero-order valence-electron chi connectivity index (χ0n) is 17.1. The van der Waals surface area contributed by atoms with Crippen LogP contribution in [0, 0.1) is 0 Å². The topological polar surface area (TPSA) is 86.9 Å². The molecule has 2 aromatic carbocycles. The number of nitrogens with one attached hydrogen (secondary N) is 3. The van der Waals surface area contributed by atoms with Crippen LogP contribution < -0.4 is 10.6 Å². The van der Waals surface area contributed by atoms with Crippen molar-refractivity contribution < 1.29 is 9.59 Å². The lowest BCUT2D eigenvalue weighted by Gasteiger charge is -2.18. The van der Waals surface area contributed by atoms with Crippen molar-refractivity contribution in [3.63, 3.8) is 0 Å². The second-order valence-electron chi connectivity index (χ2n) is 7.30. The summed E-state index contributed by atoms with van der Waals surface area (Å²) in [5, 5.41) is 7.02. The number of amides is 2. The molecule has 0 unspecified atom stereocenters. The number of aromatic nitrogens is 2. The smallest absolute Gasteiger partial charge is 0.268 e. The maximum absolute atomic E-state index is 13.0. The normalized spacial score (nSPS) is 11.7. The molecular formula is C25H21ClN4O2. The summed E-state index contributed by atoms with van der Waals surface area (Å²) >= 11 is 6.04. The number of pyridine rings is 1. The molecule has 6 nitrogen and oxygen atoms in total. The van der Waals surface area contributed by atoms with Crippen LogP contribution in [0.2, 0.25) is 5.02 Å². The Kier molecular flexibility index (Phi) is 6.33. The summed E-state index contributed by atoms with van der Waals surface area (Å²) in [6.07, 6.45) is 3.61. The van der Waals surface area contributed by atoms with Crippen LogP contribution in [0.4, 0.5) is 5.82 Å². The van der Waals surface area contributed by atoms with Crippen molar-refractivity contribution in [2.24, 2.45) is 0 Å². The van der Waals surface area contributed by atoms with E-state index in [1.807, 2.05) is 30.3 Å². The lowest BCUT2D eigenvalue weighted by atomic mass is 10.0. The predicted molar refractivity (Wildman–Crippen MR) is 128 cm³/mol. The summed E-state index contributed by atoms with van der Waals surface area (Å²) in [5.74, 6) is -0.350. The highest BCUT2D eigenvalue weighted by molar-refractivity contribution is 6.31. The van der Waals surface area contributed by atoms with Gasteiger partial charge in [-0.15, -0.1) is 0 Å². The van der Waals surface area contributed by atoms with E-state index in [4.69, 9.17) is 11.6 Å². The lowest BCUT2D eigenvalue weighted by molar-refractivity contribution is -0.118. The van der Waals surface area contributed by atoms with E-state index in [9.17, 15) is 9.59 Å². The van der Waals surface area contributed by atoms with Crippen LogP contribution in [0.3, 0.4) is 0 Å². The Morgan fingerprint density at radius 3 is 2.62 bits per heavy atom. The van der Waals surface area contributed by atoms with Gasteiger partial charge in [0.05, 0.1) is 0 Å². The van der Waals surface area contributed by atoms with Gasteiger partial charge in [0.15, 0.2) is 0 Å². The quantitative estimate of drug-likeness (QED) is 0.381. The first kappa shape index (κ1) is 21.3. The van der Waals surface area contributed by atoms with Gasteiger partial charge in [-0.25, -0.2) is 4.98 Å². The number of H-pyrrole nitrogens is 1. The molecule has 0 radical (unpaired) electrons. The number of benzene rings is 2. The third-order valence-corrected chi connectivity index (χ3v) is 5.24. The molecule has 4 aromatic rings. The number of aromatic amines is 1. The number of rotatable bonds is 7. The fourth-order valence-corrected chi connectivity index (χ4v) is 3.51. The molecule has 1 atom stereocenters. The van der Waals surface area contributed by atoms with Crippen LogP contribution in [0.25, 0.3) is 17.0 Å². The van der Waals surface area contributed by atoms with Gasteiger partial charge < -0.3 is 15.6 Å². The summed E-state index contributed by atoms with van der Waals surface area (Å²) in [6, 6.07) is 19.2. The van der Waals surface area contributed by atoms with Gasteiger partial charge in [-0.2, -0.15) is 0 Å². The maximum atomic E-state index is 13.0. The number of anilines is 1. The zero-order chi connectivity index (χ0) is 22.5. The van der Waals surface area contributed by atoms with E-state index >= 15 is 0 Å². The minimum atomic E-state index is -0.805. The van der Waals surface area contributed by atoms with Gasteiger partial charge >= 0.3 is 0 Å². The molecular weight excluding hydrogens is 424 g/mol. The van der Waals surface area contributed by atoms with Gasteiger partial charge in [0.25, 0.3) is 5.91 Å². The van der Waals surface area contributed by atoms with E-state index in [1.54, 1.807) is 48.7 Å². The predicted octanol–water partition coefficient (Wildman–Crippen LogP) is 4.84. The van der Waals surface area contributed by atoms with Crippen molar-refractivity contribution in [2.75, 3.05) is 5.32 Å². The monoisotopic (exact) mass is 444 g/mol. The minimum absolute atomic E-state index is 0.329. The molecule has 2 heterocycles. The van der Waals surface area contributed by atoms with Crippen LogP contribution in [0.1, 0.15) is 21.6 Å². The Morgan fingerprint density at radius 1 is 1.09 bits per heavy atom. The molecule has 0 saturated heterocycles. The summed E-state index contributed by atoms with van der Waals surface area (Å²) < 4.78 is 0. The third kappa shape index (κ3) is 5.04. The van der Waals surface area contributed by atoms with E-state index in [1.165, 1.54) is 0 Å². The fourth-order valence-electron chi connectivity index (χ4n) is 3.33. The fraction of sp³-hybridized carbons (Fsp3) is 0.0800. The molecule has 0 aliphatic carbocycles. The molecule has 0 aliphatic rings. The molecule has 0 bridgehead atoms. The summed E-state index contributed by atoms with van der Waals surface area (Å²) in [5.41, 5.74) is 2.90. The summed E-state index contributed by atoms with van der Waals surface area (Å²) in [4.78, 5) is 33.3. The largest absolute Gasteiger partial charge is 0.351 e. The van der Waals surface area contributed by atoms with Gasteiger partial charge in [0.2, 0.25) is 5.91 Å². The average molecular weight is 445 g/mol. The highest BCUT2D eigenvalue weighted by atomic mass is 35.5. The van der Waals surface area contributed by atoms with Crippen molar-refractivity contribution in [3.05, 3.63) is 101 Å². The maximum Gasteiger partial charge on any atom is 0.268 e. The van der Waals surface area contributed by atoms with Crippen molar-refractivity contribution in [3.8, 4) is 0 Å². The molecule has 160 valence electrons. The second-order valence-corrected chi connectivity index (χ2v) is 7.74. The molecule has 0 saturated carbocycles. The number of carbonyl (C=O) groups is 2. The molecule has 32 heavy (non-hydrogen) atoms. The highest BCUT2D eigenvalue weighted by Gasteiger charge is 2.23. The SMILES string of the molecule is C=Cc1ccc(NC(=O)[C@H](Cc2ccccc2)NC(=O)c2cc3cc(Cl)ccc3[nH]2)nc1. The minimum Gasteiger partial charge on any atom is -0.351 e. The Balaban J connectivity index is 1.55. The standard InChI is InChI=1S/C25H21ClN4O2/c1-2-16-8-11-23(27-15-16)30-25(32)21(12-17-6-4-3-5-7-17)29-24(31)22-14-18-13-19(26)9-10-20(18)28-22/h2-11,13-15,21,28H,1,12H2,(H,29,31)(H,27,30,32)/t21-/m0/s1. The van der Waals surface area contributed by atoms with Crippen LogP contribution in [-0.4, -0.2) is 27.8 Å². The van der Waals surface area contributed by atoms with E-state index in [0.717, 1.165) is 22.0 Å². The number of fused-ring (bicyclic) bond motifs is 1. The first-order valence-corrected chi connectivity index (χ1v) is 10.4. The molecule has 4 rings (SSSR count). The molecule has 2 aromatic heterocycles. The number of hydrogen-bond acceptors (Lipinski definition) is 3. The third-order valence-electron chi connectivity index (χ3n) is 5.01. The van der Waals surface area contributed by atoms with Crippen molar-refractivity contribution in [2.45, 2.75) is 12.5 Å². The van der Waals surface area contributed by atoms with Gasteiger partial charge in [0.1, 0.15) is 17.6 Å². The van der Waals surface area contributed by atoms with E-state index in [0.29, 0.717) is 23.0 Å². The van der Waals surface area contributed by atoms with Crippen molar-refractivity contribution in [1.82, 2.24) is 15.3 Å². The van der Waals surface area contributed by atoms with E-state index in [-0.39, 0.29) is 11.8 Å². The summed E-state index contributed by atoms with van der Waals surface area (Å²) in [6.45, 7) is 3.69. The summed E-state index contributed by atoms with van der Waals surface area (Å²) in [7, 11) is 0. The Bertz CT molecular complexity index is 1270. The van der Waals surface area contributed by atoms with Crippen LogP contribution in [0.15, 0.2) is 79.5 Å². The molecule has 0 aliphatic heterocycles. The Hall–Kier alpha value is -3.90. The first-order valence-electron chi connectivity index (χ1n) is 10.0. The molecule has 3 N–H and O–H groups in total. The number of halogens is 1. The molecule has 0 spiro atoms. The Labute approximate surface area is 190 Å². The molecule has 0 fully saturated rings. The number of hydrogen-bond donors (Lipinski definition) is 3. The van der Waals surface area contributed by atoms with Crippen molar-refractivity contribution in [1.29, 1.82) is 0 Å². The van der Waals surface area contributed by atoms with Gasteiger partial charge in [-0.3, -0.25) is 9.59 Å². The van der Waals surface area contributed by atoms with Crippen LogP contribution >= 0.6 is 11.6 Å². The zero-order valence-corrected chi connectivity index (χ0v) is 17.9. The number of carbonyl (C=O) groups excluding carboxylic acids is 2. The lowest BCUT2D eigenvalue weighted by Crippen LogP contribution is -2.45. The van der Waals surface area contributed by atoms with Crippen LogP contribution in [0.5, 0.6) is 0 Å². The average Bonchev–Trinajstić information content (AvgIpc) is 3.23. The molecule has 2 amide bonds. The van der Waals surface area contributed by atoms with Crippen molar-refractivity contribution >= 4 is 46.2 Å². The second kappa shape index (κ2) is 9.49. The van der Waals surface area contributed by atoms with E-state index < -0.39 is 6.04 Å². The highest BCUT2D eigenvalue weighted by Crippen LogP contribution is 2.20. The molecule has 7 heteroatoms. The van der Waals surface area contributed by atoms with Gasteiger partial charge in [-0.05, 0) is 47.5 Å². The first-order chi connectivity index (χ1) is 15.5. The van der Waals surface area contributed by atoms with Crippen LogP contribution in [-0.2, 0) is 11.2 Å². The number of nitrogens with zero attached hydrogens (tertiary/aromatic N) is 1. The van der Waals surface area contributed by atoms with E-state index in [2.05, 4.69) is 27.2 Å². The Morgan fingerprint density at radius 2 is 1.91 bits per heavy atom.